The number of carbonyl (C=O) groups excluding carboxylic acids is 1. The van der Waals surface area contributed by atoms with Crippen molar-refractivity contribution in [3.05, 3.63) is 35.9 Å². The SMILES string of the molecule is COc1cccc(OCC(=O)N[C@@H]2CCOC[C@H]2OCC=C(C)C)c1. The maximum atomic E-state index is 12.2. The molecule has 1 amide bonds. The van der Waals surface area contributed by atoms with Gasteiger partial charge >= 0.3 is 0 Å². The number of allylic oxidation sites excluding steroid dienone is 1. The van der Waals surface area contributed by atoms with Gasteiger partial charge in [0.2, 0.25) is 0 Å². The van der Waals surface area contributed by atoms with E-state index in [0.29, 0.717) is 31.3 Å². The van der Waals surface area contributed by atoms with Crippen LogP contribution in [0.15, 0.2) is 35.9 Å². The number of amides is 1. The van der Waals surface area contributed by atoms with Gasteiger partial charge in [0.05, 0.1) is 26.4 Å². The van der Waals surface area contributed by atoms with E-state index in [9.17, 15) is 4.79 Å². The molecule has 0 spiro atoms. The zero-order chi connectivity index (χ0) is 18.1. The van der Waals surface area contributed by atoms with Crippen LogP contribution in [0, 0.1) is 0 Å². The molecule has 0 radical (unpaired) electrons. The van der Waals surface area contributed by atoms with Crippen molar-refractivity contribution < 1.29 is 23.7 Å². The highest BCUT2D eigenvalue weighted by Crippen LogP contribution is 2.18. The molecule has 1 saturated heterocycles. The second-order valence-corrected chi connectivity index (χ2v) is 6.16. The lowest BCUT2D eigenvalue weighted by Gasteiger charge is -2.31. The number of hydrogen-bond donors (Lipinski definition) is 1. The molecule has 2 atom stereocenters. The quantitative estimate of drug-likeness (QED) is 0.730. The van der Waals surface area contributed by atoms with Gasteiger partial charge in [0.15, 0.2) is 6.61 Å². The van der Waals surface area contributed by atoms with Crippen LogP contribution < -0.4 is 14.8 Å². The topological polar surface area (TPSA) is 66.0 Å². The number of benzene rings is 1. The lowest BCUT2D eigenvalue weighted by atomic mass is 10.1. The lowest BCUT2D eigenvalue weighted by molar-refractivity contribution is -0.127. The molecule has 1 fully saturated rings. The van der Waals surface area contributed by atoms with Crippen molar-refractivity contribution in [1.29, 1.82) is 0 Å². The first-order valence-electron chi connectivity index (χ1n) is 8.47. The Morgan fingerprint density at radius 1 is 1.36 bits per heavy atom. The Morgan fingerprint density at radius 3 is 2.92 bits per heavy atom. The number of rotatable bonds is 8. The minimum Gasteiger partial charge on any atom is -0.497 e. The fraction of sp³-hybridized carbons (Fsp3) is 0.526. The summed E-state index contributed by atoms with van der Waals surface area (Å²) in [7, 11) is 1.59. The van der Waals surface area contributed by atoms with E-state index < -0.39 is 0 Å². The van der Waals surface area contributed by atoms with Crippen LogP contribution in [0.4, 0.5) is 0 Å². The molecule has 0 bridgehead atoms. The van der Waals surface area contributed by atoms with E-state index in [2.05, 4.69) is 5.32 Å². The van der Waals surface area contributed by atoms with E-state index in [0.717, 1.165) is 6.42 Å². The maximum absolute atomic E-state index is 12.2. The highest BCUT2D eigenvalue weighted by Gasteiger charge is 2.27. The molecule has 6 nitrogen and oxygen atoms in total. The average molecular weight is 349 g/mol. The molecule has 0 unspecified atom stereocenters. The summed E-state index contributed by atoms with van der Waals surface area (Å²) in [6.07, 6.45) is 2.59. The van der Waals surface area contributed by atoms with Gasteiger partial charge < -0.3 is 24.3 Å². The Hall–Kier alpha value is -2.05. The van der Waals surface area contributed by atoms with Crippen molar-refractivity contribution in [2.24, 2.45) is 0 Å². The number of nitrogens with one attached hydrogen (secondary N) is 1. The van der Waals surface area contributed by atoms with E-state index in [1.165, 1.54) is 5.57 Å². The average Bonchev–Trinajstić information content (AvgIpc) is 2.61. The number of methoxy groups -OCH3 is 1. The van der Waals surface area contributed by atoms with Gasteiger partial charge in [0.25, 0.3) is 5.91 Å². The molecule has 0 aromatic heterocycles. The Balaban J connectivity index is 1.81. The summed E-state index contributed by atoms with van der Waals surface area (Å²) in [5.41, 5.74) is 1.20. The Morgan fingerprint density at radius 2 is 2.16 bits per heavy atom. The van der Waals surface area contributed by atoms with Gasteiger partial charge in [0.1, 0.15) is 17.6 Å². The molecule has 1 aliphatic heterocycles. The molecule has 2 rings (SSSR count). The van der Waals surface area contributed by atoms with Crippen LogP contribution in [0.5, 0.6) is 11.5 Å². The zero-order valence-corrected chi connectivity index (χ0v) is 15.1. The van der Waals surface area contributed by atoms with E-state index in [4.69, 9.17) is 18.9 Å². The summed E-state index contributed by atoms with van der Waals surface area (Å²) < 4.78 is 22.0. The standard InChI is InChI=1S/C19H27NO5/c1-14(2)7-10-24-18-12-23-9-8-17(18)20-19(21)13-25-16-6-4-5-15(11-16)22-3/h4-7,11,17-18H,8-10,12-13H2,1-3H3,(H,20,21)/t17-,18-/m1/s1. The molecule has 0 saturated carbocycles. The predicted octanol–water partition coefficient (Wildman–Crippen LogP) is 2.33. The minimum atomic E-state index is -0.175. The smallest absolute Gasteiger partial charge is 0.258 e. The summed E-state index contributed by atoms with van der Waals surface area (Å²) in [6.45, 7) is 5.61. The first-order valence-corrected chi connectivity index (χ1v) is 8.47. The molecular formula is C19H27NO5. The van der Waals surface area contributed by atoms with Gasteiger partial charge in [-0.2, -0.15) is 0 Å². The van der Waals surface area contributed by atoms with Crippen LogP contribution in [-0.2, 0) is 14.3 Å². The number of carbonyl (C=O) groups is 1. The first-order chi connectivity index (χ1) is 12.1. The van der Waals surface area contributed by atoms with Crippen molar-refractivity contribution in [1.82, 2.24) is 5.32 Å². The van der Waals surface area contributed by atoms with Crippen LogP contribution in [0.25, 0.3) is 0 Å². The highest BCUT2D eigenvalue weighted by atomic mass is 16.5. The zero-order valence-electron chi connectivity index (χ0n) is 15.1. The van der Waals surface area contributed by atoms with Crippen LogP contribution in [0.1, 0.15) is 20.3 Å². The molecule has 1 N–H and O–H groups in total. The summed E-state index contributed by atoms with van der Waals surface area (Å²) in [5.74, 6) is 1.11. The molecule has 138 valence electrons. The summed E-state index contributed by atoms with van der Waals surface area (Å²) in [5, 5.41) is 2.99. The highest BCUT2D eigenvalue weighted by molar-refractivity contribution is 5.78. The van der Waals surface area contributed by atoms with Crippen molar-refractivity contribution in [3.8, 4) is 11.5 Å². The summed E-state index contributed by atoms with van der Waals surface area (Å²) >= 11 is 0. The molecule has 6 heteroatoms. The van der Waals surface area contributed by atoms with E-state index >= 15 is 0 Å². The van der Waals surface area contributed by atoms with Gasteiger partial charge in [-0.25, -0.2) is 0 Å². The second kappa shape index (κ2) is 10.1. The fourth-order valence-electron chi connectivity index (χ4n) is 2.47. The second-order valence-electron chi connectivity index (χ2n) is 6.16. The lowest BCUT2D eigenvalue weighted by Crippen LogP contribution is -2.51. The third kappa shape index (κ3) is 6.76. The van der Waals surface area contributed by atoms with Crippen LogP contribution in [0.2, 0.25) is 0 Å². The Labute approximate surface area is 149 Å². The molecule has 0 aliphatic carbocycles. The molecule has 1 heterocycles. The normalized spacial score (nSPS) is 19.8. The van der Waals surface area contributed by atoms with E-state index in [-0.39, 0.29) is 24.7 Å². The van der Waals surface area contributed by atoms with Gasteiger partial charge in [-0.15, -0.1) is 0 Å². The maximum Gasteiger partial charge on any atom is 0.258 e. The number of hydrogen-bond acceptors (Lipinski definition) is 5. The van der Waals surface area contributed by atoms with Gasteiger partial charge in [-0.3, -0.25) is 4.79 Å². The van der Waals surface area contributed by atoms with E-state index in [1.807, 2.05) is 32.1 Å². The monoisotopic (exact) mass is 349 g/mol. The van der Waals surface area contributed by atoms with Gasteiger partial charge in [-0.1, -0.05) is 17.7 Å². The van der Waals surface area contributed by atoms with Gasteiger partial charge in [-0.05, 0) is 32.4 Å². The van der Waals surface area contributed by atoms with Crippen molar-refractivity contribution in [3.63, 3.8) is 0 Å². The van der Waals surface area contributed by atoms with Crippen LogP contribution in [-0.4, -0.2) is 51.6 Å². The van der Waals surface area contributed by atoms with Gasteiger partial charge in [0, 0.05) is 12.7 Å². The molecular weight excluding hydrogens is 322 g/mol. The molecule has 1 aromatic carbocycles. The van der Waals surface area contributed by atoms with Crippen molar-refractivity contribution in [2.45, 2.75) is 32.4 Å². The molecule has 1 aliphatic rings. The largest absolute Gasteiger partial charge is 0.497 e. The third-order valence-corrected chi connectivity index (χ3v) is 3.86. The Bertz CT molecular complexity index is 583. The third-order valence-electron chi connectivity index (χ3n) is 3.86. The first kappa shape index (κ1) is 19.3. The number of ether oxygens (including phenoxy) is 4. The van der Waals surface area contributed by atoms with Crippen molar-refractivity contribution >= 4 is 5.91 Å². The predicted molar refractivity (Wildman–Crippen MR) is 95.0 cm³/mol. The molecule has 25 heavy (non-hydrogen) atoms. The fourth-order valence-corrected chi connectivity index (χ4v) is 2.47. The minimum absolute atomic E-state index is 0.0504. The van der Waals surface area contributed by atoms with Crippen molar-refractivity contribution in [2.75, 3.05) is 33.5 Å². The summed E-state index contributed by atoms with van der Waals surface area (Å²) in [4.78, 5) is 12.2. The Kier molecular flexibility index (Phi) is 7.76. The summed E-state index contributed by atoms with van der Waals surface area (Å²) in [6, 6.07) is 7.10. The van der Waals surface area contributed by atoms with Crippen LogP contribution >= 0.6 is 0 Å². The molecule has 1 aromatic rings. The van der Waals surface area contributed by atoms with E-state index in [1.54, 1.807) is 19.2 Å². The van der Waals surface area contributed by atoms with Crippen LogP contribution in [0.3, 0.4) is 0 Å².